The Morgan fingerprint density at radius 2 is 1.38 bits per heavy atom. The summed E-state index contributed by atoms with van der Waals surface area (Å²) in [5.74, 6) is -2.24. The first kappa shape index (κ1) is 18.0. The molecule has 0 aromatic heterocycles. The Labute approximate surface area is 126 Å². The molecule has 0 heterocycles. The van der Waals surface area contributed by atoms with Crippen molar-refractivity contribution in [1.29, 1.82) is 0 Å². The molecule has 1 aliphatic carbocycles. The van der Waals surface area contributed by atoms with E-state index in [0.29, 0.717) is 12.8 Å². The van der Waals surface area contributed by atoms with Crippen LogP contribution in [0.5, 0.6) is 0 Å². The SMILES string of the molecule is CC(C)(C)C1(C(C)(C)C)CCCCC1(C(=O)O)C(=O)OO. The number of hydrogen-bond acceptors (Lipinski definition) is 4. The predicted octanol–water partition coefficient (Wildman–Crippen LogP) is 3.73. The van der Waals surface area contributed by atoms with Gasteiger partial charge in [-0.25, -0.2) is 4.79 Å². The van der Waals surface area contributed by atoms with Crippen molar-refractivity contribution in [3.63, 3.8) is 0 Å². The van der Waals surface area contributed by atoms with Crippen LogP contribution >= 0.6 is 0 Å². The first-order valence-corrected chi connectivity index (χ1v) is 7.48. The van der Waals surface area contributed by atoms with E-state index in [2.05, 4.69) is 4.89 Å². The molecule has 1 saturated carbocycles. The van der Waals surface area contributed by atoms with Crippen LogP contribution in [0.25, 0.3) is 0 Å². The number of hydrogen-bond donors (Lipinski definition) is 2. The number of carboxylic acid groups (broad SMARTS) is 1. The molecule has 0 aromatic carbocycles. The van der Waals surface area contributed by atoms with Crippen molar-refractivity contribution in [2.75, 3.05) is 0 Å². The van der Waals surface area contributed by atoms with Gasteiger partial charge in [0.2, 0.25) is 0 Å². The molecule has 1 atom stereocenters. The lowest BCUT2D eigenvalue weighted by molar-refractivity contribution is -0.269. The van der Waals surface area contributed by atoms with Crippen LogP contribution in [0.2, 0.25) is 0 Å². The van der Waals surface area contributed by atoms with Gasteiger partial charge < -0.3 is 5.11 Å². The van der Waals surface area contributed by atoms with Gasteiger partial charge in [-0.15, -0.1) is 0 Å². The van der Waals surface area contributed by atoms with Gasteiger partial charge in [-0.1, -0.05) is 54.4 Å². The zero-order valence-corrected chi connectivity index (χ0v) is 13.9. The van der Waals surface area contributed by atoms with Crippen molar-refractivity contribution in [1.82, 2.24) is 0 Å². The van der Waals surface area contributed by atoms with Crippen LogP contribution in [0.3, 0.4) is 0 Å². The fraction of sp³-hybridized carbons (Fsp3) is 0.875. The zero-order valence-electron chi connectivity index (χ0n) is 13.9. The van der Waals surface area contributed by atoms with E-state index in [0.717, 1.165) is 6.42 Å². The maximum Gasteiger partial charge on any atom is 0.359 e. The summed E-state index contributed by atoms with van der Waals surface area (Å²) in [5.41, 5.74) is -3.44. The summed E-state index contributed by atoms with van der Waals surface area (Å²) in [6.45, 7) is 11.8. The van der Waals surface area contributed by atoms with Gasteiger partial charge in [-0.3, -0.25) is 9.68 Å². The zero-order chi connectivity index (χ0) is 16.7. The second-order valence-corrected chi connectivity index (χ2v) is 8.20. The second kappa shape index (κ2) is 5.27. The minimum absolute atomic E-state index is 0.191. The van der Waals surface area contributed by atoms with Gasteiger partial charge in [0.25, 0.3) is 0 Å². The van der Waals surface area contributed by atoms with Gasteiger partial charge in [0.1, 0.15) is 0 Å². The minimum Gasteiger partial charge on any atom is -0.480 e. The summed E-state index contributed by atoms with van der Waals surface area (Å²) in [6, 6.07) is 0. The lowest BCUT2D eigenvalue weighted by Crippen LogP contribution is -2.65. The summed E-state index contributed by atoms with van der Waals surface area (Å²) in [4.78, 5) is 28.5. The Morgan fingerprint density at radius 3 is 1.71 bits per heavy atom. The Kier molecular flexibility index (Phi) is 4.50. The van der Waals surface area contributed by atoms with Crippen LogP contribution in [0, 0.1) is 21.7 Å². The molecule has 0 amide bonds. The van der Waals surface area contributed by atoms with Gasteiger partial charge in [-0.05, 0) is 23.7 Å². The Morgan fingerprint density at radius 1 is 0.952 bits per heavy atom. The average Bonchev–Trinajstić information content (AvgIpc) is 2.34. The van der Waals surface area contributed by atoms with Crippen LogP contribution in [0.4, 0.5) is 0 Å². The molecule has 1 aliphatic rings. The van der Waals surface area contributed by atoms with Gasteiger partial charge >= 0.3 is 11.9 Å². The van der Waals surface area contributed by atoms with Gasteiger partial charge in [0.15, 0.2) is 5.41 Å². The van der Waals surface area contributed by atoms with E-state index < -0.39 is 33.6 Å². The summed E-state index contributed by atoms with van der Waals surface area (Å²) < 4.78 is 0. The molecule has 122 valence electrons. The van der Waals surface area contributed by atoms with Crippen LogP contribution in [0.1, 0.15) is 67.2 Å². The molecule has 5 nitrogen and oxygen atoms in total. The van der Waals surface area contributed by atoms with Crippen LogP contribution in [-0.4, -0.2) is 22.3 Å². The van der Waals surface area contributed by atoms with E-state index >= 15 is 0 Å². The van der Waals surface area contributed by atoms with Crippen LogP contribution in [0.15, 0.2) is 0 Å². The van der Waals surface area contributed by atoms with Crippen molar-refractivity contribution in [2.45, 2.75) is 67.2 Å². The molecule has 1 rings (SSSR count). The first-order chi connectivity index (χ1) is 9.38. The smallest absolute Gasteiger partial charge is 0.359 e. The second-order valence-electron chi connectivity index (χ2n) is 8.20. The number of carbonyl (C=O) groups is 2. The Hall–Kier alpha value is -1.10. The van der Waals surface area contributed by atoms with Crippen molar-refractivity contribution >= 4 is 11.9 Å². The van der Waals surface area contributed by atoms with Crippen molar-refractivity contribution in [3.8, 4) is 0 Å². The molecule has 1 fully saturated rings. The van der Waals surface area contributed by atoms with Gasteiger partial charge in [-0.2, -0.15) is 5.26 Å². The molecular weight excluding hydrogens is 272 g/mol. The highest BCUT2D eigenvalue weighted by atomic mass is 17.1. The highest BCUT2D eigenvalue weighted by Gasteiger charge is 2.71. The standard InChI is InChI=1S/C16H28O5/c1-13(2,3)16(14(4,5)6)10-8-7-9-15(16,11(17)18)12(19)21-20/h20H,7-10H2,1-6H3,(H,17,18). The quantitative estimate of drug-likeness (QED) is 0.461. The average molecular weight is 300 g/mol. The van der Waals surface area contributed by atoms with E-state index in [1.54, 1.807) is 0 Å². The van der Waals surface area contributed by atoms with E-state index in [1.807, 2.05) is 41.5 Å². The third-order valence-corrected chi connectivity index (χ3v) is 5.44. The number of carboxylic acids is 1. The topological polar surface area (TPSA) is 83.8 Å². The van der Waals surface area contributed by atoms with Crippen molar-refractivity contribution in [2.24, 2.45) is 21.7 Å². The maximum absolute atomic E-state index is 12.4. The molecule has 0 spiro atoms. The fourth-order valence-electron chi connectivity index (χ4n) is 5.09. The van der Waals surface area contributed by atoms with E-state index in [1.165, 1.54) is 0 Å². The third-order valence-electron chi connectivity index (χ3n) is 5.44. The third kappa shape index (κ3) is 2.26. The summed E-state index contributed by atoms with van der Waals surface area (Å²) in [5, 5.41) is 18.9. The van der Waals surface area contributed by atoms with E-state index in [4.69, 9.17) is 5.26 Å². The highest BCUT2D eigenvalue weighted by Crippen LogP contribution is 2.68. The molecule has 2 N–H and O–H groups in total. The molecule has 0 radical (unpaired) electrons. The van der Waals surface area contributed by atoms with Gasteiger partial charge in [0.05, 0.1) is 0 Å². The molecule has 0 aliphatic heterocycles. The Bertz CT molecular complexity index is 413. The number of carbonyl (C=O) groups excluding carboxylic acids is 1. The molecule has 0 saturated heterocycles. The first-order valence-electron chi connectivity index (χ1n) is 7.48. The summed E-state index contributed by atoms with van der Waals surface area (Å²) in [6.07, 6.45) is 2.30. The predicted molar refractivity (Wildman–Crippen MR) is 78.6 cm³/mol. The normalized spacial score (nSPS) is 26.2. The summed E-state index contributed by atoms with van der Waals surface area (Å²) >= 11 is 0. The fourth-order valence-corrected chi connectivity index (χ4v) is 5.09. The maximum atomic E-state index is 12.4. The molecule has 1 unspecified atom stereocenters. The molecular formula is C16H28O5. The van der Waals surface area contributed by atoms with Crippen molar-refractivity contribution < 1.29 is 24.8 Å². The largest absolute Gasteiger partial charge is 0.480 e. The van der Waals surface area contributed by atoms with E-state index in [-0.39, 0.29) is 6.42 Å². The lowest BCUT2D eigenvalue weighted by Gasteiger charge is -2.62. The molecule has 21 heavy (non-hydrogen) atoms. The van der Waals surface area contributed by atoms with Crippen molar-refractivity contribution in [3.05, 3.63) is 0 Å². The number of aliphatic carboxylic acids is 1. The van der Waals surface area contributed by atoms with Gasteiger partial charge in [0, 0.05) is 5.41 Å². The van der Waals surface area contributed by atoms with E-state index in [9.17, 15) is 14.7 Å². The molecule has 5 heteroatoms. The van der Waals surface area contributed by atoms with Crippen LogP contribution in [-0.2, 0) is 14.5 Å². The van der Waals surface area contributed by atoms with Crippen LogP contribution < -0.4 is 0 Å². The lowest BCUT2D eigenvalue weighted by atomic mass is 9.39. The molecule has 0 bridgehead atoms. The number of rotatable bonds is 2. The summed E-state index contributed by atoms with van der Waals surface area (Å²) in [7, 11) is 0. The minimum atomic E-state index is -1.73. The Balaban J connectivity index is 3.78. The molecule has 0 aromatic rings. The highest BCUT2D eigenvalue weighted by molar-refractivity contribution is 6.00. The monoisotopic (exact) mass is 300 g/mol.